The van der Waals surface area contributed by atoms with Gasteiger partial charge in [-0.3, -0.25) is 4.79 Å². The number of rotatable bonds is 3. The van der Waals surface area contributed by atoms with E-state index in [1.807, 2.05) is 54.6 Å². The third kappa shape index (κ3) is 3.88. The van der Waals surface area contributed by atoms with Gasteiger partial charge in [0.05, 0.1) is 11.8 Å². The Kier molecular flexibility index (Phi) is 4.76. The molecule has 0 N–H and O–H groups in total. The van der Waals surface area contributed by atoms with Crippen molar-refractivity contribution in [1.29, 1.82) is 0 Å². The molecule has 0 saturated carbocycles. The molecule has 1 atom stereocenters. The number of hydrogen-bond acceptors (Lipinski definition) is 3. The Labute approximate surface area is 155 Å². The average Bonchev–Trinajstić information content (AvgIpc) is 2.95. The van der Waals surface area contributed by atoms with Crippen molar-refractivity contribution in [2.45, 2.75) is 32.2 Å². The van der Waals surface area contributed by atoms with Crippen LogP contribution in [0.4, 0.5) is 5.69 Å². The molecule has 0 saturated heterocycles. The molecule has 0 aromatic heterocycles. The van der Waals surface area contributed by atoms with Crippen molar-refractivity contribution in [3.63, 3.8) is 0 Å². The van der Waals surface area contributed by atoms with Crippen molar-refractivity contribution in [2.24, 2.45) is 0 Å². The molecule has 2 aromatic carbocycles. The van der Waals surface area contributed by atoms with Crippen LogP contribution in [0.15, 0.2) is 66.1 Å². The summed E-state index contributed by atoms with van der Waals surface area (Å²) in [6.45, 7) is 6.36. The van der Waals surface area contributed by atoms with E-state index in [0.29, 0.717) is 11.3 Å². The monoisotopic (exact) mass is 369 g/mol. The van der Waals surface area contributed by atoms with Gasteiger partial charge in [-0.25, -0.2) is 8.42 Å². The molecule has 4 nitrogen and oxygen atoms in total. The summed E-state index contributed by atoms with van der Waals surface area (Å²) < 4.78 is 23.7. The van der Waals surface area contributed by atoms with Crippen LogP contribution in [0.5, 0.6) is 0 Å². The maximum absolute atomic E-state index is 13.2. The van der Waals surface area contributed by atoms with Crippen molar-refractivity contribution in [1.82, 2.24) is 0 Å². The molecule has 1 aliphatic rings. The number of hydrogen-bond donors (Lipinski definition) is 0. The second-order valence-electron chi connectivity index (χ2n) is 7.56. The molecule has 1 aliphatic heterocycles. The summed E-state index contributed by atoms with van der Waals surface area (Å²) in [5.41, 5.74) is 2.37. The van der Waals surface area contributed by atoms with Gasteiger partial charge < -0.3 is 4.90 Å². The predicted octanol–water partition coefficient (Wildman–Crippen LogP) is 3.94. The fraction of sp³-hybridized carbons (Fsp3) is 0.286. The lowest BCUT2D eigenvalue weighted by atomic mass is 9.86. The van der Waals surface area contributed by atoms with Crippen LogP contribution in [-0.2, 0) is 15.3 Å². The molecule has 0 unspecified atom stereocenters. The number of nitrogens with zero attached hydrogens (tertiary/aromatic N) is 1. The first-order valence-corrected chi connectivity index (χ1v) is 10.3. The van der Waals surface area contributed by atoms with Gasteiger partial charge in [0.25, 0.3) is 5.91 Å². The molecule has 0 spiro atoms. The van der Waals surface area contributed by atoms with Crippen molar-refractivity contribution in [3.05, 3.63) is 77.2 Å². The van der Waals surface area contributed by atoms with Gasteiger partial charge in [-0.15, -0.1) is 0 Å². The maximum Gasteiger partial charge on any atom is 0.258 e. The smallest absolute Gasteiger partial charge is 0.258 e. The number of carbonyl (C=O) groups is 1. The molecule has 1 heterocycles. The highest BCUT2D eigenvalue weighted by atomic mass is 32.2. The number of benzene rings is 2. The summed E-state index contributed by atoms with van der Waals surface area (Å²) in [5.74, 6) is -0.295. The Morgan fingerprint density at radius 1 is 1.00 bits per heavy atom. The van der Waals surface area contributed by atoms with Crippen LogP contribution in [-0.4, -0.2) is 26.1 Å². The van der Waals surface area contributed by atoms with E-state index in [1.165, 1.54) is 5.41 Å². The van der Waals surface area contributed by atoms with Crippen molar-refractivity contribution in [3.8, 4) is 0 Å². The van der Waals surface area contributed by atoms with E-state index in [2.05, 4.69) is 20.8 Å². The van der Waals surface area contributed by atoms with Gasteiger partial charge in [-0.1, -0.05) is 51.1 Å². The van der Waals surface area contributed by atoms with E-state index in [1.54, 1.807) is 11.0 Å². The number of para-hydroxylation sites is 1. The van der Waals surface area contributed by atoms with Crippen LogP contribution in [0.25, 0.3) is 0 Å². The largest absolute Gasteiger partial charge is 0.300 e. The van der Waals surface area contributed by atoms with Gasteiger partial charge in [-0.05, 0) is 41.3 Å². The zero-order valence-corrected chi connectivity index (χ0v) is 16.0. The van der Waals surface area contributed by atoms with Crippen molar-refractivity contribution < 1.29 is 13.2 Å². The van der Waals surface area contributed by atoms with E-state index in [-0.39, 0.29) is 17.1 Å². The molecular formula is C21H23NO3S. The van der Waals surface area contributed by atoms with E-state index in [4.69, 9.17) is 0 Å². The molecular weight excluding hydrogens is 346 g/mol. The maximum atomic E-state index is 13.2. The molecule has 0 fully saturated rings. The van der Waals surface area contributed by atoms with Gasteiger partial charge in [-0.2, -0.15) is 0 Å². The van der Waals surface area contributed by atoms with Gasteiger partial charge >= 0.3 is 0 Å². The van der Waals surface area contributed by atoms with Crippen molar-refractivity contribution >= 4 is 21.4 Å². The minimum atomic E-state index is -3.26. The second-order valence-corrected chi connectivity index (χ2v) is 9.49. The zero-order valence-electron chi connectivity index (χ0n) is 15.2. The summed E-state index contributed by atoms with van der Waals surface area (Å²) in [6, 6.07) is 16.2. The Bertz CT molecular complexity index is 923. The Hall–Kier alpha value is -2.40. The van der Waals surface area contributed by atoms with Crippen LogP contribution in [0.3, 0.4) is 0 Å². The Balaban J connectivity index is 1.97. The summed E-state index contributed by atoms with van der Waals surface area (Å²) >= 11 is 0. The van der Waals surface area contributed by atoms with Crippen molar-refractivity contribution in [2.75, 3.05) is 10.7 Å². The third-order valence-electron chi connectivity index (χ3n) is 4.49. The molecule has 5 heteroatoms. The SMILES string of the molecule is CC(C)(C)c1ccc(C(=O)N(c2ccccc2)[C@@H]2C=CS(=O)(=O)C2)cc1. The topological polar surface area (TPSA) is 54.5 Å². The lowest BCUT2D eigenvalue weighted by molar-refractivity contribution is 0.0983. The highest BCUT2D eigenvalue weighted by molar-refractivity contribution is 7.94. The lowest BCUT2D eigenvalue weighted by Gasteiger charge is -2.28. The molecule has 0 bridgehead atoms. The summed E-state index contributed by atoms with van der Waals surface area (Å²) in [5, 5.41) is 1.20. The summed E-state index contributed by atoms with van der Waals surface area (Å²) in [7, 11) is -3.26. The zero-order chi connectivity index (χ0) is 18.9. The number of carbonyl (C=O) groups excluding carboxylic acids is 1. The van der Waals surface area contributed by atoms with E-state index in [0.717, 1.165) is 5.56 Å². The number of sulfone groups is 1. The highest BCUT2D eigenvalue weighted by Gasteiger charge is 2.32. The number of anilines is 1. The van der Waals surface area contributed by atoms with Crippen LogP contribution >= 0.6 is 0 Å². The first-order valence-electron chi connectivity index (χ1n) is 8.57. The summed E-state index contributed by atoms with van der Waals surface area (Å²) in [6.07, 6.45) is 1.59. The Morgan fingerprint density at radius 3 is 2.12 bits per heavy atom. The molecule has 0 aliphatic carbocycles. The fourth-order valence-electron chi connectivity index (χ4n) is 3.02. The minimum absolute atomic E-state index is 0.00294. The van der Waals surface area contributed by atoms with Gasteiger partial charge in [0.15, 0.2) is 9.84 Å². The molecule has 0 radical (unpaired) electrons. The van der Waals surface area contributed by atoms with Crippen LogP contribution in [0.2, 0.25) is 0 Å². The van der Waals surface area contributed by atoms with E-state index in [9.17, 15) is 13.2 Å². The van der Waals surface area contributed by atoms with Gasteiger partial charge in [0.2, 0.25) is 0 Å². The van der Waals surface area contributed by atoms with Gasteiger partial charge in [0.1, 0.15) is 0 Å². The third-order valence-corrected chi connectivity index (χ3v) is 5.87. The first-order chi connectivity index (χ1) is 12.2. The molecule has 26 heavy (non-hydrogen) atoms. The quantitative estimate of drug-likeness (QED) is 0.823. The number of amides is 1. The highest BCUT2D eigenvalue weighted by Crippen LogP contribution is 2.26. The molecule has 2 aromatic rings. The van der Waals surface area contributed by atoms with Crippen LogP contribution < -0.4 is 4.90 Å². The fourth-order valence-corrected chi connectivity index (χ4v) is 4.29. The second kappa shape index (κ2) is 6.72. The Morgan fingerprint density at radius 2 is 1.62 bits per heavy atom. The normalized spacial score (nSPS) is 18.7. The van der Waals surface area contributed by atoms with Crippen LogP contribution in [0, 0.1) is 0 Å². The summed E-state index contributed by atoms with van der Waals surface area (Å²) in [4.78, 5) is 14.8. The average molecular weight is 369 g/mol. The molecule has 3 rings (SSSR count). The molecule has 136 valence electrons. The molecule has 1 amide bonds. The van der Waals surface area contributed by atoms with E-state index >= 15 is 0 Å². The van der Waals surface area contributed by atoms with Gasteiger partial charge in [0, 0.05) is 16.7 Å². The first kappa shape index (κ1) is 18.4. The lowest BCUT2D eigenvalue weighted by Crippen LogP contribution is -2.41. The minimum Gasteiger partial charge on any atom is -0.300 e. The predicted molar refractivity (Wildman–Crippen MR) is 105 cm³/mol. The standard InChI is InChI=1S/C21H23NO3S/c1-21(2,3)17-11-9-16(10-12-17)20(23)22(18-7-5-4-6-8-18)19-13-14-26(24,25)15-19/h4-14,19H,15H2,1-3H3/t19-/m1/s1. The van der Waals surface area contributed by atoms with E-state index < -0.39 is 15.9 Å². The van der Waals surface area contributed by atoms with Crippen LogP contribution in [0.1, 0.15) is 36.7 Å².